The molecule has 1 aromatic heterocycles. The molecule has 7 heteroatoms. The molecule has 5 nitrogen and oxygen atoms in total. The second-order valence-electron chi connectivity index (χ2n) is 4.13. The molecule has 0 bridgehead atoms. The third kappa shape index (κ3) is 5.05. The Morgan fingerprint density at radius 2 is 2.29 bits per heavy atom. The van der Waals surface area contributed by atoms with Gasteiger partial charge >= 0.3 is 0 Å². The van der Waals surface area contributed by atoms with E-state index in [9.17, 15) is 4.79 Å². The normalized spacial score (nSPS) is 10.8. The second kappa shape index (κ2) is 7.46. The summed E-state index contributed by atoms with van der Waals surface area (Å²) in [5.74, 6) is 0.783. The molecule has 0 saturated heterocycles. The Balaban J connectivity index is 1.79. The highest BCUT2D eigenvalue weighted by Gasteiger charge is 2.03. The molecule has 0 unspecified atom stereocenters. The quantitative estimate of drug-likeness (QED) is 0.460. The second-order valence-corrected chi connectivity index (χ2v) is 5.61. The molecule has 2 aromatic rings. The van der Waals surface area contributed by atoms with Crippen LogP contribution in [-0.4, -0.2) is 18.7 Å². The minimum absolute atomic E-state index is 0.131. The molecule has 21 heavy (non-hydrogen) atoms. The highest BCUT2D eigenvalue weighted by molar-refractivity contribution is 14.1. The van der Waals surface area contributed by atoms with Crippen LogP contribution in [0.1, 0.15) is 11.3 Å². The topological polar surface area (TPSA) is 63.8 Å². The van der Waals surface area contributed by atoms with E-state index in [0.717, 1.165) is 9.33 Å². The van der Waals surface area contributed by atoms with Crippen molar-refractivity contribution in [1.82, 2.24) is 5.43 Å². The predicted molar refractivity (Wildman–Crippen MR) is 88.8 cm³/mol. The van der Waals surface area contributed by atoms with Gasteiger partial charge in [0.15, 0.2) is 10.4 Å². The van der Waals surface area contributed by atoms with E-state index < -0.39 is 0 Å². The van der Waals surface area contributed by atoms with Crippen molar-refractivity contribution in [1.29, 1.82) is 0 Å². The van der Waals surface area contributed by atoms with Gasteiger partial charge in [-0.05, 0) is 65.4 Å². The number of hydrazone groups is 1. The molecular formula is C14H12ClIN2O3. The standard InChI is InChI=1S/C14H12ClIN2O3/c1-9-6-10(2-4-12(9)15)20-8-14(19)18-17-7-11-3-5-13(16)21-11/h2-7H,8H2,1H3,(H,18,19)/b17-7-. The summed E-state index contributed by atoms with van der Waals surface area (Å²) < 4.78 is 11.4. The summed E-state index contributed by atoms with van der Waals surface area (Å²) in [6.07, 6.45) is 1.42. The Bertz CT molecular complexity index is 670. The van der Waals surface area contributed by atoms with Crippen molar-refractivity contribution in [2.45, 2.75) is 6.92 Å². The zero-order valence-electron chi connectivity index (χ0n) is 11.1. The minimum Gasteiger partial charge on any atom is -0.484 e. The van der Waals surface area contributed by atoms with E-state index in [1.807, 2.05) is 29.5 Å². The van der Waals surface area contributed by atoms with Gasteiger partial charge in [0.25, 0.3) is 5.91 Å². The van der Waals surface area contributed by atoms with Crippen molar-refractivity contribution < 1.29 is 13.9 Å². The Morgan fingerprint density at radius 3 is 2.95 bits per heavy atom. The van der Waals surface area contributed by atoms with Crippen molar-refractivity contribution >= 4 is 46.3 Å². The molecule has 0 fully saturated rings. The zero-order valence-corrected chi connectivity index (χ0v) is 14.0. The third-order valence-electron chi connectivity index (χ3n) is 2.47. The lowest BCUT2D eigenvalue weighted by Crippen LogP contribution is -2.24. The molecule has 1 N–H and O–H groups in total. The number of nitrogens with zero attached hydrogens (tertiary/aromatic N) is 1. The van der Waals surface area contributed by atoms with Crippen LogP contribution in [0.5, 0.6) is 5.75 Å². The summed E-state index contributed by atoms with van der Waals surface area (Å²) in [4.78, 5) is 11.6. The van der Waals surface area contributed by atoms with Gasteiger partial charge in [-0.2, -0.15) is 5.10 Å². The molecule has 2 rings (SSSR count). The van der Waals surface area contributed by atoms with Gasteiger partial charge in [0, 0.05) is 5.02 Å². The molecule has 110 valence electrons. The van der Waals surface area contributed by atoms with Gasteiger partial charge < -0.3 is 9.15 Å². The van der Waals surface area contributed by atoms with Crippen LogP contribution in [0.3, 0.4) is 0 Å². The van der Waals surface area contributed by atoms with Gasteiger partial charge in [-0.25, -0.2) is 5.43 Å². The zero-order chi connectivity index (χ0) is 15.2. The highest BCUT2D eigenvalue weighted by atomic mass is 127. The number of aryl methyl sites for hydroxylation is 1. The number of rotatable bonds is 5. The van der Waals surface area contributed by atoms with E-state index in [1.165, 1.54) is 6.21 Å². The average molecular weight is 419 g/mol. The van der Waals surface area contributed by atoms with E-state index in [1.54, 1.807) is 30.3 Å². The molecule has 0 aliphatic rings. The summed E-state index contributed by atoms with van der Waals surface area (Å²) in [7, 11) is 0. The first-order valence-corrected chi connectivity index (χ1v) is 7.46. The molecular weight excluding hydrogens is 407 g/mol. The number of furan rings is 1. The van der Waals surface area contributed by atoms with Crippen LogP contribution in [0.4, 0.5) is 0 Å². The highest BCUT2D eigenvalue weighted by Crippen LogP contribution is 2.20. The molecule has 0 aliphatic carbocycles. The molecule has 1 aromatic carbocycles. The minimum atomic E-state index is -0.361. The molecule has 1 heterocycles. The van der Waals surface area contributed by atoms with Crippen LogP contribution in [-0.2, 0) is 4.79 Å². The number of benzene rings is 1. The first-order valence-electron chi connectivity index (χ1n) is 6.01. The van der Waals surface area contributed by atoms with Gasteiger partial charge in [-0.15, -0.1) is 0 Å². The fourth-order valence-electron chi connectivity index (χ4n) is 1.45. The number of hydrogen-bond acceptors (Lipinski definition) is 4. The van der Waals surface area contributed by atoms with E-state index in [4.69, 9.17) is 20.8 Å². The summed E-state index contributed by atoms with van der Waals surface area (Å²) in [6.45, 7) is 1.73. The summed E-state index contributed by atoms with van der Waals surface area (Å²) in [6, 6.07) is 8.75. The Hall–Kier alpha value is -1.54. The molecule has 0 aliphatic heterocycles. The third-order valence-corrected chi connectivity index (χ3v) is 3.48. The molecule has 0 radical (unpaired) electrons. The lowest BCUT2D eigenvalue weighted by atomic mass is 10.2. The van der Waals surface area contributed by atoms with Crippen molar-refractivity contribution in [3.8, 4) is 5.75 Å². The largest absolute Gasteiger partial charge is 0.484 e. The van der Waals surface area contributed by atoms with Crippen LogP contribution >= 0.6 is 34.2 Å². The molecule has 0 spiro atoms. The van der Waals surface area contributed by atoms with Gasteiger partial charge in [0.1, 0.15) is 11.5 Å². The van der Waals surface area contributed by atoms with Gasteiger partial charge in [0.05, 0.1) is 6.21 Å². The maximum absolute atomic E-state index is 11.6. The first-order chi connectivity index (χ1) is 10.0. The fourth-order valence-corrected chi connectivity index (χ4v) is 2.01. The Labute approximate surface area is 140 Å². The van der Waals surface area contributed by atoms with Crippen LogP contribution in [0.25, 0.3) is 0 Å². The number of amides is 1. The maximum atomic E-state index is 11.6. The Morgan fingerprint density at radius 1 is 1.48 bits per heavy atom. The fraction of sp³-hybridized carbons (Fsp3) is 0.143. The Kier molecular flexibility index (Phi) is 5.63. The van der Waals surface area contributed by atoms with Crippen molar-refractivity contribution in [3.05, 3.63) is 50.4 Å². The van der Waals surface area contributed by atoms with E-state index in [-0.39, 0.29) is 12.5 Å². The lowest BCUT2D eigenvalue weighted by molar-refractivity contribution is -0.123. The van der Waals surface area contributed by atoms with Crippen LogP contribution in [0, 0.1) is 10.7 Å². The number of ether oxygens (including phenoxy) is 1. The van der Waals surface area contributed by atoms with Gasteiger partial charge in [0.2, 0.25) is 0 Å². The van der Waals surface area contributed by atoms with E-state index >= 15 is 0 Å². The van der Waals surface area contributed by atoms with Crippen LogP contribution < -0.4 is 10.2 Å². The summed E-state index contributed by atoms with van der Waals surface area (Å²) >= 11 is 7.95. The monoisotopic (exact) mass is 418 g/mol. The maximum Gasteiger partial charge on any atom is 0.277 e. The summed E-state index contributed by atoms with van der Waals surface area (Å²) in [5.41, 5.74) is 3.24. The van der Waals surface area contributed by atoms with Gasteiger partial charge in [-0.1, -0.05) is 11.6 Å². The van der Waals surface area contributed by atoms with E-state index in [2.05, 4.69) is 10.5 Å². The number of nitrogens with one attached hydrogen (secondary N) is 1. The number of hydrogen-bond donors (Lipinski definition) is 1. The number of carbonyl (C=O) groups excluding carboxylic acids is 1. The van der Waals surface area contributed by atoms with Crippen LogP contribution in [0.2, 0.25) is 5.02 Å². The summed E-state index contributed by atoms with van der Waals surface area (Å²) in [5, 5.41) is 4.43. The van der Waals surface area contributed by atoms with Crippen molar-refractivity contribution in [2.24, 2.45) is 5.10 Å². The average Bonchev–Trinajstić information content (AvgIpc) is 2.86. The molecule has 1 amide bonds. The molecule has 0 atom stereocenters. The number of halogens is 2. The van der Waals surface area contributed by atoms with Crippen molar-refractivity contribution in [2.75, 3.05) is 6.61 Å². The lowest BCUT2D eigenvalue weighted by Gasteiger charge is -2.06. The smallest absolute Gasteiger partial charge is 0.277 e. The van der Waals surface area contributed by atoms with Crippen molar-refractivity contribution in [3.63, 3.8) is 0 Å². The van der Waals surface area contributed by atoms with Gasteiger partial charge in [-0.3, -0.25) is 4.79 Å². The number of carbonyl (C=O) groups is 1. The van der Waals surface area contributed by atoms with E-state index in [0.29, 0.717) is 16.5 Å². The van der Waals surface area contributed by atoms with Crippen LogP contribution in [0.15, 0.2) is 39.9 Å². The molecule has 0 saturated carbocycles. The predicted octanol–water partition coefficient (Wildman–Crippen LogP) is 3.38. The first kappa shape index (κ1) is 15.8. The SMILES string of the molecule is Cc1cc(OCC(=O)N/N=C\c2ccc(I)o2)ccc1Cl.